The van der Waals surface area contributed by atoms with Gasteiger partial charge in [-0.1, -0.05) is 49.4 Å². The standard InChI is InChI=1S/C15H16O/c1-11(15-10-16-15)9-13-7-4-6-12-5-2-3-8-14(12)13/h2-8,11,15H,9-10H2,1H3. The fourth-order valence-electron chi connectivity index (χ4n) is 2.33. The molecule has 16 heavy (non-hydrogen) atoms. The molecule has 3 rings (SSSR count). The van der Waals surface area contributed by atoms with Crippen LogP contribution in [-0.2, 0) is 11.2 Å². The molecule has 2 unspecified atom stereocenters. The molecule has 0 radical (unpaired) electrons. The molecular weight excluding hydrogens is 196 g/mol. The van der Waals surface area contributed by atoms with Gasteiger partial charge in [-0.3, -0.25) is 0 Å². The summed E-state index contributed by atoms with van der Waals surface area (Å²) in [5.74, 6) is 0.630. The summed E-state index contributed by atoms with van der Waals surface area (Å²) in [6.07, 6.45) is 1.62. The predicted molar refractivity (Wildman–Crippen MR) is 66.6 cm³/mol. The lowest BCUT2D eigenvalue weighted by molar-refractivity contribution is 0.341. The van der Waals surface area contributed by atoms with Gasteiger partial charge in [-0.15, -0.1) is 0 Å². The first-order valence-electron chi connectivity index (χ1n) is 5.93. The maximum atomic E-state index is 5.35. The van der Waals surface area contributed by atoms with E-state index in [0.29, 0.717) is 12.0 Å². The van der Waals surface area contributed by atoms with Crippen LogP contribution in [0.4, 0.5) is 0 Å². The van der Waals surface area contributed by atoms with E-state index in [2.05, 4.69) is 49.4 Å². The molecule has 1 nitrogen and oxygen atoms in total. The maximum absolute atomic E-state index is 5.35. The van der Waals surface area contributed by atoms with Crippen molar-refractivity contribution < 1.29 is 4.74 Å². The number of ether oxygens (including phenoxy) is 1. The Morgan fingerprint density at radius 3 is 2.75 bits per heavy atom. The summed E-state index contributed by atoms with van der Waals surface area (Å²) in [5.41, 5.74) is 1.45. The molecule has 82 valence electrons. The second-order valence-corrected chi connectivity index (χ2v) is 4.69. The number of rotatable bonds is 3. The summed E-state index contributed by atoms with van der Waals surface area (Å²) in [6, 6.07) is 15.2. The molecule has 0 saturated carbocycles. The quantitative estimate of drug-likeness (QED) is 0.710. The molecule has 1 heterocycles. The molecule has 0 aliphatic carbocycles. The minimum absolute atomic E-state index is 0.499. The van der Waals surface area contributed by atoms with Gasteiger partial charge in [-0.25, -0.2) is 0 Å². The van der Waals surface area contributed by atoms with Crippen LogP contribution in [0.5, 0.6) is 0 Å². The topological polar surface area (TPSA) is 12.5 Å². The zero-order valence-corrected chi connectivity index (χ0v) is 9.52. The fraction of sp³-hybridized carbons (Fsp3) is 0.333. The van der Waals surface area contributed by atoms with Crippen LogP contribution in [0.25, 0.3) is 10.8 Å². The van der Waals surface area contributed by atoms with E-state index in [1.165, 1.54) is 16.3 Å². The molecule has 1 fully saturated rings. The van der Waals surface area contributed by atoms with E-state index in [9.17, 15) is 0 Å². The van der Waals surface area contributed by atoms with Crippen molar-refractivity contribution >= 4 is 10.8 Å². The third-order valence-corrected chi connectivity index (χ3v) is 3.42. The zero-order chi connectivity index (χ0) is 11.0. The van der Waals surface area contributed by atoms with Gasteiger partial charge >= 0.3 is 0 Å². The van der Waals surface area contributed by atoms with Crippen LogP contribution < -0.4 is 0 Å². The molecule has 1 aliphatic heterocycles. The monoisotopic (exact) mass is 212 g/mol. The van der Waals surface area contributed by atoms with Crippen LogP contribution in [0.3, 0.4) is 0 Å². The molecule has 2 atom stereocenters. The van der Waals surface area contributed by atoms with E-state index >= 15 is 0 Å². The minimum Gasteiger partial charge on any atom is -0.373 e. The number of epoxide rings is 1. The third kappa shape index (κ3) is 1.83. The Kier molecular flexibility index (Phi) is 2.41. The van der Waals surface area contributed by atoms with Crippen molar-refractivity contribution in [3.8, 4) is 0 Å². The summed E-state index contributed by atoms with van der Waals surface area (Å²) >= 11 is 0. The van der Waals surface area contributed by atoms with Gasteiger partial charge in [-0.05, 0) is 28.7 Å². The van der Waals surface area contributed by atoms with E-state index in [-0.39, 0.29) is 0 Å². The van der Waals surface area contributed by atoms with Gasteiger partial charge in [0.05, 0.1) is 12.7 Å². The number of hydrogen-bond acceptors (Lipinski definition) is 1. The molecule has 1 heteroatoms. The minimum atomic E-state index is 0.499. The van der Waals surface area contributed by atoms with Gasteiger partial charge in [0.1, 0.15) is 0 Å². The molecular formula is C15H16O. The summed E-state index contributed by atoms with van der Waals surface area (Å²) in [4.78, 5) is 0. The number of benzene rings is 2. The molecule has 1 saturated heterocycles. The van der Waals surface area contributed by atoms with Crippen molar-refractivity contribution in [3.63, 3.8) is 0 Å². The first kappa shape index (κ1) is 9.86. The van der Waals surface area contributed by atoms with Gasteiger partial charge in [0, 0.05) is 0 Å². The Bertz CT molecular complexity index is 494. The highest BCUT2D eigenvalue weighted by Gasteiger charge is 2.29. The SMILES string of the molecule is CC(Cc1cccc2ccccc12)C1CO1. The lowest BCUT2D eigenvalue weighted by Gasteiger charge is -2.10. The van der Waals surface area contributed by atoms with Crippen molar-refractivity contribution in [3.05, 3.63) is 48.0 Å². The van der Waals surface area contributed by atoms with Crippen molar-refractivity contribution in [1.29, 1.82) is 0 Å². The first-order valence-corrected chi connectivity index (χ1v) is 5.93. The van der Waals surface area contributed by atoms with E-state index in [0.717, 1.165) is 13.0 Å². The van der Waals surface area contributed by atoms with Gasteiger partial charge in [0.2, 0.25) is 0 Å². The zero-order valence-electron chi connectivity index (χ0n) is 9.52. The molecule has 1 aliphatic rings. The van der Waals surface area contributed by atoms with Crippen molar-refractivity contribution in [2.24, 2.45) is 5.92 Å². The molecule has 0 bridgehead atoms. The van der Waals surface area contributed by atoms with E-state index in [4.69, 9.17) is 4.74 Å². The van der Waals surface area contributed by atoms with Crippen molar-refractivity contribution in [2.45, 2.75) is 19.4 Å². The lowest BCUT2D eigenvalue weighted by atomic mass is 9.94. The van der Waals surface area contributed by atoms with Gasteiger partial charge in [-0.2, -0.15) is 0 Å². The Morgan fingerprint density at radius 1 is 1.19 bits per heavy atom. The van der Waals surface area contributed by atoms with E-state index in [1.54, 1.807) is 0 Å². The van der Waals surface area contributed by atoms with Crippen LogP contribution >= 0.6 is 0 Å². The second kappa shape index (κ2) is 3.91. The van der Waals surface area contributed by atoms with E-state index in [1.807, 2.05) is 0 Å². The van der Waals surface area contributed by atoms with Crippen LogP contribution in [0.15, 0.2) is 42.5 Å². The van der Waals surface area contributed by atoms with Crippen LogP contribution in [-0.4, -0.2) is 12.7 Å². The smallest absolute Gasteiger partial charge is 0.0838 e. The van der Waals surface area contributed by atoms with Crippen LogP contribution in [0.1, 0.15) is 12.5 Å². The summed E-state index contributed by atoms with van der Waals surface area (Å²) < 4.78 is 5.35. The second-order valence-electron chi connectivity index (χ2n) is 4.69. The normalized spacial score (nSPS) is 20.9. The summed E-state index contributed by atoms with van der Waals surface area (Å²) in [7, 11) is 0. The van der Waals surface area contributed by atoms with E-state index < -0.39 is 0 Å². The van der Waals surface area contributed by atoms with Gasteiger partial charge in [0.25, 0.3) is 0 Å². The number of hydrogen-bond donors (Lipinski definition) is 0. The Hall–Kier alpha value is -1.34. The first-order chi connectivity index (χ1) is 7.84. The largest absolute Gasteiger partial charge is 0.373 e. The summed E-state index contributed by atoms with van der Waals surface area (Å²) in [5, 5.41) is 2.72. The Morgan fingerprint density at radius 2 is 1.94 bits per heavy atom. The average Bonchev–Trinajstić information content (AvgIpc) is 3.13. The molecule has 2 aromatic carbocycles. The maximum Gasteiger partial charge on any atom is 0.0838 e. The molecule has 0 aromatic heterocycles. The third-order valence-electron chi connectivity index (χ3n) is 3.42. The Labute approximate surface area is 96.0 Å². The fourth-order valence-corrected chi connectivity index (χ4v) is 2.33. The molecule has 0 spiro atoms. The van der Waals surface area contributed by atoms with Crippen molar-refractivity contribution in [1.82, 2.24) is 0 Å². The number of fused-ring (bicyclic) bond motifs is 1. The molecule has 0 N–H and O–H groups in total. The predicted octanol–water partition coefficient (Wildman–Crippen LogP) is 3.42. The Balaban J connectivity index is 1.95. The molecule has 2 aromatic rings. The summed E-state index contributed by atoms with van der Waals surface area (Å²) in [6.45, 7) is 3.23. The van der Waals surface area contributed by atoms with Crippen LogP contribution in [0, 0.1) is 5.92 Å². The highest BCUT2D eigenvalue weighted by molar-refractivity contribution is 5.85. The molecule has 0 amide bonds. The highest BCUT2D eigenvalue weighted by atomic mass is 16.6. The van der Waals surface area contributed by atoms with Gasteiger partial charge < -0.3 is 4.74 Å². The van der Waals surface area contributed by atoms with Crippen molar-refractivity contribution in [2.75, 3.05) is 6.61 Å². The lowest BCUT2D eigenvalue weighted by Crippen LogP contribution is -2.07. The highest BCUT2D eigenvalue weighted by Crippen LogP contribution is 2.26. The van der Waals surface area contributed by atoms with Gasteiger partial charge in [0.15, 0.2) is 0 Å². The van der Waals surface area contributed by atoms with Crippen LogP contribution in [0.2, 0.25) is 0 Å². The average molecular weight is 212 g/mol.